The first-order valence-electron chi connectivity index (χ1n) is 6.80. The van der Waals surface area contributed by atoms with Crippen LogP contribution in [-0.2, 0) is 0 Å². The number of nitrogens with zero attached hydrogens (tertiary/aromatic N) is 2. The van der Waals surface area contributed by atoms with Gasteiger partial charge < -0.3 is 0 Å². The predicted molar refractivity (Wildman–Crippen MR) is 93.6 cm³/mol. The Labute approximate surface area is 145 Å². The lowest BCUT2D eigenvalue weighted by Crippen LogP contribution is -2.11. The molecular formula is C16H10ClN3O3S. The fourth-order valence-corrected chi connectivity index (χ4v) is 2.92. The summed E-state index contributed by atoms with van der Waals surface area (Å²) in [5, 5.41) is 16.1. The van der Waals surface area contributed by atoms with Crippen molar-refractivity contribution in [3.05, 3.63) is 74.6 Å². The summed E-state index contributed by atoms with van der Waals surface area (Å²) in [6.07, 6.45) is 0. The van der Waals surface area contributed by atoms with Crippen molar-refractivity contribution in [3.63, 3.8) is 0 Å². The third-order valence-corrected chi connectivity index (χ3v) is 4.18. The maximum absolute atomic E-state index is 12.2. The highest BCUT2D eigenvalue weighted by Gasteiger charge is 2.11. The number of nitro benzene ring substituents is 1. The van der Waals surface area contributed by atoms with Gasteiger partial charge in [-0.25, -0.2) is 4.98 Å². The lowest BCUT2D eigenvalue weighted by molar-refractivity contribution is -0.384. The van der Waals surface area contributed by atoms with Gasteiger partial charge in [0.1, 0.15) is 0 Å². The molecule has 3 rings (SSSR count). The molecule has 1 amide bonds. The Morgan fingerprint density at radius 1 is 1.21 bits per heavy atom. The number of hydrogen-bond acceptors (Lipinski definition) is 5. The molecular weight excluding hydrogens is 350 g/mol. The molecule has 0 saturated carbocycles. The van der Waals surface area contributed by atoms with Crippen LogP contribution in [0.15, 0.2) is 53.9 Å². The first-order chi connectivity index (χ1) is 11.5. The summed E-state index contributed by atoms with van der Waals surface area (Å²) in [5.74, 6) is -0.304. The molecule has 1 aromatic heterocycles. The van der Waals surface area contributed by atoms with E-state index in [1.165, 1.54) is 23.5 Å². The predicted octanol–water partition coefficient (Wildman–Crippen LogP) is 4.62. The van der Waals surface area contributed by atoms with Crippen molar-refractivity contribution in [2.24, 2.45) is 0 Å². The molecule has 0 spiro atoms. The van der Waals surface area contributed by atoms with Crippen LogP contribution >= 0.6 is 22.9 Å². The van der Waals surface area contributed by atoms with Crippen molar-refractivity contribution in [2.45, 2.75) is 0 Å². The lowest BCUT2D eigenvalue weighted by Gasteiger charge is -2.02. The minimum atomic E-state index is -0.457. The quantitative estimate of drug-likeness (QED) is 0.543. The summed E-state index contributed by atoms with van der Waals surface area (Å²) < 4.78 is 0. The van der Waals surface area contributed by atoms with E-state index in [4.69, 9.17) is 11.6 Å². The lowest BCUT2D eigenvalue weighted by atomic mass is 10.1. The molecule has 0 aliphatic rings. The zero-order valence-corrected chi connectivity index (χ0v) is 13.7. The van der Waals surface area contributed by atoms with Gasteiger partial charge in [-0.1, -0.05) is 17.7 Å². The van der Waals surface area contributed by atoms with Gasteiger partial charge in [-0.3, -0.25) is 20.2 Å². The molecule has 0 saturated heterocycles. The van der Waals surface area contributed by atoms with Gasteiger partial charge >= 0.3 is 0 Å². The zero-order valence-electron chi connectivity index (χ0n) is 12.1. The molecule has 0 bridgehead atoms. The molecule has 1 heterocycles. The number of non-ortho nitro benzene ring substituents is 1. The van der Waals surface area contributed by atoms with Gasteiger partial charge in [0.15, 0.2) is 5.13 Å². The summed E-state index contributed by atoms with van der Waals surface area (Å²) in [5.41, 5.74) is 1.83. The Bertz CT molecular complexity index is 909. The highest BCUT2D eigenvalue weighted by Crippen LogP contribution is 2.26. The number of anilines is 1. The average Bonchev–Trinajstić information content (AvgIpc) is 3.03. The number of carbonyl (C=O) groups is 1. The second kappa shape index (κ2) is 6.77. The normalized spacial score (nSPS) is 10.4. The van der Waals surface area contributed by atoms with Crippen molar-refractivity contribution >= 4 is 39.7 Å². The Morgan fingerprint density at radius 2 is 1.96 bits per heavy atom. The molecule has 0 radical (unpaired) electrons. The SMILES string of the molecule is O=C(Nc1nc(-c2ccc([N+](=O)[O-])cc2)cs1)c1cccc(Cl)c1. The van der Waals surface area contributed by atoms with Crippen LogP contribution in [0, 0.1) is 10.1 Å². The van der Waals surface area contributed by atoms with Gasteiger partial charge in [-0.2, -0.15) is 0 Å². The number of aromatic nitrogens is 1. The van der Waals surface area contributed by atoms with Crippen molar-refractivity contribution in [1.82, 2.24) is 4.98 Å². The van der Waals surface area contributed by atoms with Crippen molar-refractivity contribution in [2.75, 3.05) is 5.32 Å². The number of nitrogens with one attached hydrogen (secondary N) is 1. The van der Waals surface area contributed by atoms with E-state index in [-0.39, 0.29) is 11.6 Å². The van der Waals surface area contributed by atoms with Crippen LogP contribution in [0.25, 0.3) is 11.3 Å². The van der Waals surface area contributed by atoms with E-state index in [1.807, 2.05) is 0 Å². The molecule has 1 N–H and O–H groups in total. The first-order valence-corrected chi connectivity index (χ1v) is 8.06. The number of thiazole rings is 1. The second-order valence-corrected chi connectivity index (χ2v) is 6.10. The van der Waals surface area contributed by atoms with E-state index in [2.05, 4.69) is 10.3 Å². The molecule has 2 aromatic carbocycles. The van der Waals surface area contributed by atoms with Gasteiger partial charge in [-0.05, 0) is 30.3 Å². The third-order valence-electron chi connectivity index (χ3n) is 3.19. The van der Waals surface area contributed by atoms with Crippen molar-refractivity contribution in [1.29, 1.82) is 0 Å². The van der Waals surface area contributed by atoms with E-state index in [0.717, 1.165) is 5.56 Å². The molecule has 0 unspecified atom stereocenters. The molecule has 3 aromatic rings. The highest BCUT2D eigenvalue weighted by atomic mass is 35.5. The summed E-state index contributed by atoms with van der Waals surface area (Å²) in [6.45, 7) is 0. The number of hydrogen-bond donors (Lipinski definition) is 1. The number of benzene rings is 2. The minimum Gasteiger partial charge on any atom is -0.298 e. The van der Waals surface area contributed by atoms with Crippen LogP contribution in [0.4, 0.5) is 10.8 Å². The van der Waals surface area contributed by atoms with Gasteiger partial charge in [0.25, 0.3) is 11.6 Å². The second-order valence-electron chi connectivity index (χ2n) is 4.81. The van der Waals surface area contributed by atoms with Crippen LogP contribution in [0.1, 0.15) is 10.4 Å². The van der Waals surface area contributed by atoms with Crippen molar-refractivity contribution in [3.8, 4) is 11.3 Å². The molecule has 0 fully saturated rings. The molecule has 6 nitrogen and oxygen atoms in total. The Hall–Kier alpha value is -2.77. The summed E-state index contributed by atoms with van der Waals surface area (Å²) in [4.78, 5) is 26.7. The Balaban J connectivity index is 1.75. The standard InChI is InChI=1S/C16H10ClN3O3S/c17-12-3-1-2-11(8-12)15(21)19-16-18-14(9-24-16)10-4-6-13(7-5-10)20(22)23/h1-9H,(H,18,19,21). The number of carbonyl (C=O) groups excluding carboxylic acids is 1. The molecule has 0 aliphatic heterocycles. The summed E-state index contributed by atoms with van der Waals surface area (Å²) >= 11 is 7.14. The minimum absolute atomic E-state index is 0.0171. The maximum Gasteiger partial charge on any atom is 0.269 e. The number of nitro groups is 1. The summed E-state index contributed by atoms with van der Waals surface area (Å²) in [6, 6.07) is 12.7. The Kier molecular flexibility index (Phi) is 4.54. The molecule has 120 valence electrons. The number of amides is 1. The van der Waals surface area contributed by atoms with E-state index >= 15 is 0 Å². The monoisotopic (exact) mass is 359 g/mol. The van der Waals surface area contributed by atoms with E-state index in [9.17, 15) is 14.9 Å². The van der Waals surface area contributed by atoms with Crippen LogP contribution in [0.5, 0.6) is 0 Å². The smallest absolute Gasteiger partial charge is 0.269 e. The van der Waals surface area contributed by atoms with Crippen molar-refractivity contribution < 1.29 is 9.72 Å². The van der Waals surface area contributed by atoms with Crippen LogP contribution < -0.4 is 5.32 Å². The zero-order chi connectivity index (χ0) is 17.1. The number of halogens is 1. The summed E-state index contributed by atoms with van der Waals surface area (Å²) in [7, 11) is 0. The van der Waals surface area contributed by atoms with Gasteiger partial charge in [-0.15, -0.1) is 11.3 Å². The highest BCUT2D eigenvalue weighted by molar-refractivity contribution is 7.14. The number of rotatable bonds is 4. The third kappa shape index (κ3) is 3.58. The van der Waals surface area contributed by atoms with Crippen LogP contribution in [0.3, 0.4) is 0 Å². The Morgan fingerprint density at radius 3 is 2.62 bits per heavy atom. The maximum atomic E-state index is 12.2. The largest absolute Gasteiger partial charge is 0.298 e. The van der Waals surface area contributed by atoms with E-state index in [0.29, 0.717) is 21.4 Å². The van der Waals surface area contributed by atoms with E-state index in [1.54, 1.807) is 41.8 Å². The van der Waals surface area contributed by atoms with E-state index < -0.39 is 4.92 Å². The first kappa shape index (κ1) is 16.1. The molecule has 0 atom stereocenters. The molecule has 0 aliphatic carbocycles. The van der Waals surface area contributed by atoms with Crippen LogP contribution in [0.2, 0.25) is 5.02 Å². The fourth-order valence-electron chi connectivity index (χ4n) is 2.02. The average molecular weight is 360 g/mol. The van der Waals surface area contributed by atoms with Gasteiger partial charge in [0, 0.05) is 33.7 Å². The van der Waals surface area contributed by atoms with Crippen LogP contribution in [-0.4, -0.2) is 15.8 Å². The van der Waals surface area contributed by atoms with Gasteiger partial charge in [0.2, 0.25) is 0 Å². The van der Waals surface area contributed by atoms with Gasteiger partial charge in [0.05, 0.1) is 10.6 Å². The fraction of sp³-hybridized carbons (Fsp3) is 0. The topological polar surface area (TPSA) is 85.1 Å². The molecule has 8 heteroatoms. The molecule has 24 heavy (non-hydrogen) atoms.